The summed E-state index contributed by atoms with van der Waals surface area (Å²) >= 11 is 0. The Morgan fingerprint density at radius 1 is 1.24 bits per heavy atom. The van der Waals surface area contributed by atoms with E-state index in [-0.39, 0.29) is 24.0 Å². The molecule has 1 unspecified atom stereocenters. The Morgan fingerprint density at radius 3 is 2.32 bits per heavy atom. The van der Waals surface area contributed by atoms with Gasteiger partial charge in [0.15, 0.2) is 5.96 Å². The maximum absolute atomic E-state index is 4.75. The number of hydrogen-bond donors (Lipinski definition) is 2. The quantitative estimate of drug-likeness (QED) is 0.353. The van der Waals surface area contributed by atoms with Crippen molar-refractivity contribution >= 4 is 29.9 Å². The topological polar surface area (TPSA) is 57.5 Å². The number of likely N-dealkylation sites (N-methyl/N-ethyl adjacent to an activating group) is 1. The van der Waals surface area contributed by atoms with Crippen LogP contribution in [0.4, 0.5) is 0 Å². The molecule has 0 spiro atoms. The third-order valence-electron chi connectivity index (χ3n) is 4.38. The smallest absolute Gasteiger partial charge is 0.191 e. The van der Waals surface area contributed by atoms with Gasteiger partial charge < -0.3 is 15.5 Å². The lowest BCUT2D eigenvalue weighted by Crippen LogP contribution is -2.45. The van der Waals surface area contributed by atoms with Gasteiger partial charge in [-0.25, -0.2) is 4.99 Å². The molecule has 25 heavy (non-hydrogen) atoms. The first-order valence-corrected chi connectivity index (χ1v) is 8.93. The van der Waals surface area contributed by atoms with Crippen molar-refractivity contribution in [2.45, 2.75) is 53.6 Å². The van der Waals surface area contributed by atoms with Crippen molar-refractivity contribution in [2.75, 3.05) is 27.2 Å². The third kappa shape index (κ3) is 7.94. The van der Waals surface area contributed by atoms with Crippen molar-refractivity contribution in [3.63, 3.8) is 0 Å². The second kappa shape index (κ2) is 11.7. The number of halogens is 1. The zero-order valence-electron chi connectivity index (χ0n) is 17.2. The van der Waals surface area contributed by atoms with Gasteiger partial charge in [-0.15, -0.1) is 24.0 Å². The van der Waals surface area contributed by atoms with Crippen LogP contribution in [0, 0.1) is 19.8 Å². The number of guanidine groups is 1. The first-order valence-electron chi connectivity index (χ1n) is 8.93. The minimum atomic E-state index is 0. The van der Waals surface area contributed by atoms with Crippen LogP contribution in [0.1, 0.15) is 44.1 Å². The van der Waals surface area contributed by atoms with Crippen LogP contribution in [0.2, 0.25) is 0 Å². The van der Waals surface area contributed by atoms with Gasteiger partial charge in [-0.3, -0.25) is 4.68 Å². The number of rotatable bonds is 8. The molecule has 0 bridgehead atoms. The summed E-state index contributed by atoms with van der Waals surface area (Å²) in [6.07, 6.45) is 1.17. The second-order valence-corrected chi connectivity index (χ2v) is 7.10. The molecule has 0 saturated carbocycles. The van der Waals surface area contributed by atoms with E-state index < -0.39 is 0 Å². The SMILES string of the molecule is CCNC(=NCc1c(C)nn(C)c1C)NCC(CC(C)C)N(C)C.I. The maximum atomic E-state index is 4.75. The lowest BCUT2D eigenvalue weighted by atomic mass is 10.0. The van der Waals surface area contributed by atoms with Crippen LogP contribution >= 0.6 is 24.0 Å². The van der Waals surface area contributed by atoms with Crippen molar-refractivity contribution in [3.8, 4) is 0 Å². The molecule has 0 saturated heterocycles. The van der Waals surface area contributed by atoms with Gasteiger partial charge in [0.2, 0.25) is 0 Å². The summed E-state index contributed by atoms with van der Waals surface area (Å²) in [5.41, 5.74) is 3.44. The van der Waals surface area contributed by atoms with E-state index in [1.807, 2.05) is 18.7 Å². The summed E-state index contributed by atoms with van der Waals surface area (Å²) in [4.78, 5) is 7.04. The predicted octanol–water partition coefficient (Wildman–Crippen LogP) is 2.69. The Bertz CT molecular complexity index is 536. The molecule has 0 fully saturated rings. The van der Waals surface area contributed by atoms with E-state index in [1.165, 1.54) is 17.7 Å². The van der Waals surface area contributed by atoms with E-state index in [0.717, 1.165) is 24.7 Å². The fraction of sp³-hybridized carbons (Fsp3) is 0.778. The Labute approximate surface area is 170 Å². The van der Waals surface area contributed by atoms with Crippen LogP contribution in [-0.2, 0) is 13.6 Å². The number of aryl methyl sites for hydroxylation is 2. The minimum Gasteiger partial charge on any atom is -0.357 e. The van der Waals surface area contributed by atoms with Crippen LogP contribution < -0.4 is 10.6 Å². The van der Waals surface area contributed by atoms with Gasteiger partial charge in [0, 0.05) is 37.4 Å². The highest BCUT2D eigenvalue weighted by Crippen LogP contribution is 2.13. The van der Waals surface area contributed by atoms with Crippen LogP contribution in [-0.4, -0.2) is 53.9 Å². The van der Waals surface area contributed by atoms with Crippen LogP contribution in [0.15, 0.2) is 4.99 Å². The largest absolute Gasteiger partial charge is 0.357 e. The van der Waals surface area contributed by atoms with E-state index in [0.29, 0.717) is 18.5 Å². The monoisotopic (exact) mass is 464 g/mol. The molecule has 146 valence electrons. The van der Waals surface area contributed by atoms with Crippen molar-refractivity contribution < 1.29 is 0 Å². The molecule has 1 rings (SSSR count). The highest BCUT2D eigenvalue weighted by atomic mass is 127. The third-order valence-corrected chi connectivity index (χ3v) is 4.38. The molecule has 0 aliphatic heterocycles. The zero-order valence-corrected chi connectivity index (χ0v) is 19.5. The normalized spacial score (nSPS) is 13.1. The molecular weight excluding hydrogens is 427 g/mol. The Kier molecular flexibility index (Phi) is 11.3. The van der Waals surface area contributed by atoms with Crippen LogP contribution in [0.3, 0.4) is 0 Å². The van der Waals surface area contributed by atoms with Gasteiger partial charge in [-0.05, 0) is 47.2 Å². The summed E-state index contributed by atoms with van der Waals surface area (Å²) in [5.74, 6) is 1.55. The van der Waals surface area contributed by atoms with Crippen molar-refractivity contribution in [3.05, 3.63) is 17.0 Å². The molecule has 2 N–H and O–H groups in total. The van der Waals surface area contributed by atoms with Crippen molar-refractivity contribution in [1.29, 1.82) is 0 Å². The molecule has 7 heteroatoms. The molecule has 1 heterocycles. The van der Waals surface area contributed by atoms with Crippen LogP contribution in [0.25, 0.3) is 0 Å². The summed E-state index contributed by atoms with van der Waals surface area (Å²) < 4.78 is 1.92. The number of nitrogens with one attached hydrogen (secondary N) is 2. The average Bonchev–Trinajstić information content (AvgIpc) is 2.73. The van der Waals surface area contributed by atoms with E-state index in [4.69, 9.17) is 4.99 Å². The lowest BCUT2D eigenvalue weighted by molar-refractivity contribution is 0.254. The fourth-order valence-corrected chi connectivity index (χ4v) is 2.78. The number of hydrogen-bond acceptors (Lipinski definition) is 3. The highest BCUT2D eigenvalue weighted by Gasteiger charge is 2.14. The molecule has 0 radical (unpaired) electrons. The van der Waals surface area contributed by atoms with Gasteiger partial charge in [0.25, 0.3) is 0 Å². The van der Waals surface area contributed by atoms with Gasteiger partial charge >= 0.3 is 0 Å². The van der Waals surface area contributed by atoms with E-state index >= 15 is 0 Å². The fourth-order valence-electron chi connectivity index (χ4n) is 2.78. The molecule has 0 aliphatic rings. The van der Waals surface area contributed by atoms with E-state index in [9.17, 15) is 0 Å². The van der Waals surface area contributed by atoms with Crippen molar-refractivity contribution in [1.82, 2.24) is 25.3 Å². The molecule has 1 aromatic heterocycles. The molecule has 0 amide bonds. The molecule has 1 atom stereocenters. The van der Waals surface area contributed by atoms with Gasteiger partial charge in [0.05, 0.1) is 12.2 Å². The standard InChI is InChI=1S/C18H36N6.HI/c1-9-19-18(20-11-16(23(6)7)10-13(2)3)21-12-17-14(4)22-24(8)15(17)5;/h13,16H,9-12H2,1-8H3,(H2,19,20,21);1H. The van der Waals surface area contributed by atoms with E-state index in [2.05, 4.69) is 62.4 Å². The first-order chi connectivity index (χ1) is 11.3. The van der Waals surface area contributed by atoms with Crippen molar-refractivity contribution in [2.24, 2.45) is 18.0 Å². The van der Waals surface area contributed by atoms with Crippen LogP contribution in [0.5, 0.6) is 0 Å². The Balaban J connectivity index is 0.00000576. The van der Waals surface area contributed by atoms with Gasteiger partial charge in [0.1, 0.15) is 0 Å². The average molecular weight is 464 g/mol. The first kappa shape index (κ1) is 24.2. The Hall–Kier alpha value is -0.830. The number of aliphatic imine (C=N–C) groups is 1. The number of aromatic nitrogens is 2. The predicted molar refractivity (Wildman–Crippen MR) is 118 cm³/mol. The highest BCUT2D eigenvalue weighted by molar-refractivity contribution is 14.0. The molecule has 6 nitrogen and oxygen atoms in total. The maximum Gasteiger partial charge on any atom is 0.191 e. The molecule has 0 aliphatic carbocycles. The molecule has 0 aromatic carbocycles. The zero-order chi connectivity index (χ0) is 18.3. The van der Waals surface area contributed by atoms with Gasteiger partial charge in [-0.1, -0.05) is 13.8 Å². The Morgan fingerprint density at radius 2 is 1.88 bits per heavy atom. The van der Waals surface area contributed by atoms with E-state index in [1.54, 1.807) is 0 Å². The minimum absolute atomic E-state index is 0. The summed E-state index contributed by atoms with van der Waals surface area (Å²) in [6, 6.07) is 0.496. The molecule has 1 aromatic rings. The second-order valence-electron chi connectivity index (χ2n) is 7.10. The summed E-state index contributed by atoms with van der Waals surface area (Å²) in [6.45, 7) is 13.2. The summed E-state index contributed by atoms with van der Waals surface area (Å²) in [7, 11) is 6.26. The number of nitrogens with zero attached hydrogens (tertiary/aromatic N) is 4. The summed E-state index contributed by atoms with van der Waals surface area (Å²) in [5, 5.41) is 11.3. The van der Waals surface area contributed by atoms with Gasteiger partial charge in [-0.2, -0.15) is 5.10 Å². The molecular formula is C18H37IN6. The lowest BCUT2D eigenvalue weighted by Gasteiger charge is -2.27.